The Kier molecular flexibility index (Phi) is 5.14. The lowest BCUT2D eigenvalue weighted by molar-refractivity contribution is -0.138. The third kappa shape index (κ3) is 3.85. The van der Waals surface area contributed by atoms with Gasteiger partial charge in [-0.25, -0.2) is 0 Å². The summed E-state index contributed by atoms with van der Waals surface area (Å²) in [6, 6.07) is 1.77. The molecular weight excluding hydrogens is 353 g/mol. The predicted octanol–water partition coefficient (Wildman–Crippen LogP) is 3.27. The van der Waals surface area contributed by atoms with Crippen molar-refractivity contribution in [2.75, 3.05) is 39.8 Å². The fourth-order valence-corrected chi connectivity index (χ4v) is 4.92. The second kappa shape index (κ2) is 6.89. The maximum Gasteiger partial charge on any atom is 0.406 e. The molecule has 0 atom stereocenters. The summed E-state index contributed by atoms with van der Waals surface area (Å²) in [5, 5.41) is 0. The molecule has 1 spiro atoms. The van der Waals surface area contributed by atoms with Gasteiger partial charge < -0.3 is 14.5 Å². The van der Waals surface area contributed by atoms with Gasteiger partial charge in [-0.05, 0) is 31.0 Å². The van der Waals surface area contributed by atoms with Crippen molar-refractivity contribution >= 4 is 17.2 Å². The van der Waals surface area contributed by atoms with Gasteiger partial charge in [-0.3, -0.25) is 4.79 Å². The average molecular weight is 376 g/mol. The van der Waals surface area contributed by atoms with Gasteiger partial charge in [0.2, 0.25) is 0 Å². The number of carbonyl (C=O) groups excluding carboxylic acids is 1. The minimum atomic E-state index is -4.39. The minimum absolute atomic E-state index is 0.375. The van der Waals surface area contributed by atoms with Gasteiger partial charge >= 0.3 is 6.18 Å². The molecule has 1 saturated heterocycles. The van der Waals surface area contributed by atoms with E-state index in [1.165, 1.54) is 18.4 Å². The number of amides is 1. The zero-order valence-electron chi connectivity index (χ0n) is 14.5. The first-order valence-corrected chi connectivity index (χ1v) is 9.37. The number of piperidine rings is 1. The van der Waals surface area contributed by atoms with Crippen molar-refractivity contribution in [3.8, 4) is 0 Å². The van der Waals surface area contributed by atoms with Gasteiger partial charge in [-0.15, -0.1) is 11.3 Å². The van der Waals surface area contributed by atoms with Crippen molar-refractivity contribution in [1.29, 1.82) is 0 Å². The SMILES string of the molecule is CCN1CCC2(CC1)OCCc1sc(C(=O)N(C)CC(F)(F)F)cc12. The summed E-state index contributed by atoms with van der Waals surface area (Å²) in [7, 11) is 1.19. The van der Waals surface area contributed by atoms with Crippen LogP contribution in [0.1, 0.15) is 39.9 Å². The second-order valence-electron chi connectivity index (χ2n) is 6.75. The van der Waals surface area contributed by atoms with E-state index >= 15 is 0 Å². The van der Waals surface area contributed by atoms with Gasteiger partial charge in [0, 0.05) is 31.4 Å². The van der Waals surface area contributed by atoms with E-state index in [9.17, 15) is 18.0 Å². The molecule has 0 aromatic carbocycles. The molecule has 3 rings (SSSR count). The number of likely N-dealkylation sites (tertiary alicyclic amines) is 1. The van der Waals surface area contributed by atoms with Crippen LogP contribution in [0.15, 0.2) is 6.07 Å². The molecule has 25 heavy (non-hydrogen) atoms. The van der Waals surface area contributed by atoms with Gasteiger partial charge in [0.25, 0.3) is 5.91 Å². The van der Waals surface area contributed by atoms with Gasteiger partial charge in [0.1, 0.15) is 6.54 Å². The Morgan fingerprint density at radius 3 is 2.68 bits per heavy atom. The molecule has 0 unspecified atom stereocenters. The fourth-order valence-electron chi connectivity index (χ4n) is 3.70. The number of ether oxygens (including phenoxy) is 1. The standard InChI is InChI=1S/C17H23F3N2O2S/c1-3-22-7-5-16(6-8-22)12-10-14(25-13(12)4-9-24-16)15(23)21(2)11-17(18,19)20/h10H,3-9,11H2,1-2H3. The Balaban J connectivity index is 1.82. The van der Waals surface area contributed by atoms with Crippen molar-refractivity contribution < 1.29 is 22.7 Å². The molecule has 2 aliphatic rings. The number of carbonyl (C=O) groups is 1. The molecule has 2 aliphatic heterocycles. The summed E-state index contributed by atoms with van der Waals surface area (Å²) < 4.78 is 43.8. The van der Waals surface area contributed by atoms with E-state index < -0.39 is 18.6 Å². The zero-order valence-corrected chi connectivity index (χ0v) is 15.3. The van der Waals surface area contributed by atoms with E-state index in [2.05, 4.69) is 11.8 Å². The topological polar surface area (TPSA) is 32.8 Å². The molecule has 0 radical (unpaired) electrons. The van der Waals surface area contributed by atoms with Crippen LogP contribution in [0.4, 0.5) is 13.2 Å². The van der Waals surface area contributed by atoms with Crippen molar-refractivity contribution in [2.24, 2.45) is 0 Å². The first kappa shape index (κ1) is 18.7. The Bertz CT molecular complexity index is 636. The van der Waals surface area contributed by atoms with Crippen LogP contribution in [-0.4, -0.2) is 61.7 Å². The summed E-state index contributed by atoms with van der Waals surface area (Å²) in [4.78, 5) is 17.0. The van der Waals surface area contributed by atoms with E-state index in [0.29, 0.717) is 11.5 Å². The molecule has 1 aromatic rings. The molecule has 4 nitrogen and oxygen atoms in total. The molecule has 3 heterocycles. The monoisotopic (exact) mass is 376 g/mol. The van der Waals surface area contributed by atoms with Crippen molar-refractivity contribution in [3.63, 3.8) is 0 Å². The Morgan fingerprint density at radius 1 is 1.40 bits per heavy atom. The van der Waals surface area contributed by atoms with Crippen LogP contribution in [-0.2, 0) is 16.8 Å². The van der Waals surface area contributed by atoms with Crippen LogP contribution in [0.3, 0.4) is 0 Å². The van der Waals surface area contributed by atoms with E-state index in [1.807, 2.05) is 0 Å². The Morgan fingerprint density at radius 2 is 2.08 bits per heavy atom. The van der Waals surface area contributed by atoms with E-state index in [1.54, 1.807) is 6.07 Å². The highest BCUT2D eigenvalue weighted by Gasteiger charge is 2.42. The minimum Gasteiger partial charge on any atom is -0.370 e. The Labute approximate surface area is 149 Å². The zero-order chi connectivity index (χ0) is 18.2. The third-order valence-electron chi connectivity index (χ3n) is 5.09. The summed E-state index contributed by atoms with van der Waals surface area (Å²) in [5.74, 6) is -0.571. The molecule has 140 valence electrons. The van der Waals surface area contributed by atoms with Crippen LogP contribution < -0.4 is 0 Å². The summed E-state index contributed by atoms with van der Waals surface area (Å²) in [6.07, 6.45) is -1.96. The van der Waals surface area contributed by atoms with Gasteiger partial charge in [0.05, 0.1) is 17.1 Å². The molecule has 0 bridgehead atoms. The summed E-state index contributed by atoms with van der Waals surface area (Å²) in [5.41, 5.74) is 0.639. The second-order valence-corrected chi connectivity index (χ2v) is 7.89. The summed E-state index contributed by atoms with van der Waals surface area (Å²) >= 11 is 1.32. The largest absolute Gasteiger partial charge is 0.406 e. The molecule has 0 aliphatic carbocycles. The number of rotatable bonds is 3. The lowest BCUT2D eigenvalue weighted by Crippen LogP contribution is -2.46. The first-order chi connectivity index (χ1) is 11.7. The highest BCUT2D eigenvalue weighted by molar-refractivity contribution is 7.14. The normalized spacial score (nSPS) is 20.5. The molecule has 0 saturated carbocycles. The third-order valence-corrected chi connectivity index (χ3v) is 6.28. The smallest absolute Gasteiger partial charge is 0.370 e. The van der Waals surface area contributed by atoms with Crippen LogP contribution in [0, 0.1) is 0 Å². The van der Waals surface area contributed by atoms with Crippen LogP contribution in [0.5, 0.6) is 0 Å². The lowest BCUT2D eigenvalue weighted by Gasteiger charge is -2.43. The molecule has 8 heteroatoms. The number of alkyl halides is 3. The average Bonchev–Trinajstić information content (AvgIpc) is 2.99. The van der Waals surface area contributed by atoms with Crippen molar-refractivity contribution in [1.82, 2.24) is 9.80 Å². The fraction of sp³-hybridized carbons (Fsp3) is 0.706. The van der Waals surface area contributed by atoms with E-state index in [4.69, 9.17) is 4.74 Å². The van der Waals surface area contributed by atoms with E-state index in [0.717, 1.165) is 54.2 Å². The maximum atomic E-state index is 12.5. The highest BCUT2D eigenvalue weighted by atomic mass is 32.1. The predicted molar refractivity (Wildman–Crippen MR) is 90.0 cm³/mol. The molecule has 1 fully saturated rings. The number of nitrogens with zero attached hydrogens (tertiary/aromatic N) is 2. The van der Waals surface area contributed by atoms with Gasteiger partial charge in [0.15, 0.2) is 0 Å². The van der Waals surface area contributed by atoms with Crippen molar-refractivity contribution in [2.45, 2.75) is 38.0 Å². The number of halogens is 3. The van der Waals surface area contributed by atoms with Crippen molar-refractivity contribution in [3.05, 3.63) is 21.4 Å². The first-order valence-electron chi connectivity index (χ1n) is 8.56. The van der Waals surface area contributed by atoms with Crippen LogP contribution in [0.25, 0.3) is 0 Å². The number of hydrogen-bond donors (Lipinski definition) is 0. The van der Waals surface area contributed by atoms with Crippen LogP contribution >= 0.6 is 11.3 Å². The molecular formula is C17H23F3N2O2S. The number of thiophene rings is 1. The number of fused-ring (bicyclic) bond motifs is 2. The molecule has 1 aromatic heterocycles. The van der Waals surface area contributed by atoms with Gasteiger partial charge in [-0.2, -0.15) is 13.2 Å². The maximum absolute atomic E-state index is 12.5. The molecule has 1 amide bonds. The Hall–Kier alpha value is -1.12. The lowest BCUT2D eigenvalue weighted by atomic mass is 9.82. The quantitative estimate of drug-likeness (QED) is 0.812. The van der Waals surface area contributed by atoms with Crippen LogP contribution in [0.2, 0.25) is 0 Å². The summed E-state index contributed by atoms with van der Waals surface area (Å²) in [6.45, 7) is 4.36. The van der Waals surface area contributed by atoms with E-state index in [-0.39, 0.29) is 5.60 Å². The van der Waals surface area contributed by atoms with Gasteiger partial charge in [-0.1, -0.05) is 6.92 Å². The molecule has 0 N–H and O–H groups in total. The number of hydrogen-bond acceptors (Lipinski definition) is 4. The highest BCUT2D eigenvalue weighted by Crippen LogP contribution is 2.44.